The van der Waals surface area contributed by atoms with Gasteiger partial charge in [0.2, 0.25) is 11.8 Å². The highest BCUT2D eigenvalue weighted by atomic mass is 35.5. The van der Waals surface area contributed by atoms with Crippen LogP contribution in [0, 0.1) is 5.82 Å². The Bertz CT molecular complexity index is 1080. The molecule has 0 aliphatic heterocycles. The molecule has 0 amide bonds. The number of nitrogens with one attached hydrogen (secondary N) is 1. The van der Waals surface area contributed by atoms with E-state index in [0.717, 1.165) is 11.1 Å². The van der Waals surface area contributed by atoms with Gasteiger partial charge in [-0.2, -0.15) is 0 Å². The lowest BCUT2D eigenvalue weighted by molar-refractivity contribution is 0.494. The molecule has 0 fully saturated rings. The highest BCUT2D eigenvalue weighted by Gasteiger charge is 2.22. The first-order chi connectivity index (χ1) is 13.6. The summed E-state index contributed by atoms with van der Waals surface area (Å²) < 4.78 is 19.4. The summed E-state index contributed by atoms with van der Waals surface area (Å²) in [6.07, 6.45) is 0. The van der Waals surface area contributed by atoms with Gasteiger partial charge in [0, 0.05) is 16.3 Å². The van der Waals surface area contributed by atoms with Crippen LogP contribution in [0.25, 0.3) is 11.5 Å². The lowest BCUT2D eigenvalue weighted by atomic mass is 10.1. The lowest BCUT2D eigenvalue weighted by Gasteiger charge is -2.17. The molecule has 3 aromatic carbocycles. The Morgan fingerprint density at radius 3 is 2.36 bits per heavy atom. The summed E-state index contributed by atoms with van der Waals surface area (Å²) in [5.41, 5.74) is 2.29. The van der Waals surface area contributed by atoms with Crippen LogP contribution in [-0.2, 0) is 0 Å². The molecule has 1 heterocycles. The molecule has 4 aromatic rings. The van der Waals surface area contributed by atoms with E-state index in [4.69, 9.17) is 27.6 Å². The fourth-order valence-electron chi connectivity index (χ4n) is 2.74. The predicted molar refractivity (Wildman–Crippen MR) is 108 cm³/mol. The second kappa shape index (κ2) is 8.00. The fourth-order valence-corrected chi connectivity index (χ4v) is 3.05. The molecule has 4 nitrogen and oxygen atoms in total. The third-order valence-corrected chi connectivity index (χ3v) is 4.68. The Morgan fingerprint density at radius 1 is 0.893 bits per heavy atom. The summed E-state index contributed by atoms with van der Waals surface area (Å²) in [5, 5.41) is 12.3. The summed E-state index contributed by atoms with van der Waals surface area (Å²) in [6.45, 7) is 0. The van der Waals surface area contributed by atoms with Crippen LogP contribution in [0.5, 0.6) is 0 Å². The van der Waals surface area contributed by atoms with E-state index in [1.165, 1.54) is 12.1 Å². The highest BCUT2D eigenvalue weighted by molar-refractivity contribution is 6.31. The molecular weight excluding hydrogens is 400 g/mol. The van der Waals surface area contributed by atoms with E-state index < -0.39 is 11.9 Å². The number of aromatic nitrogens is 2. The van der Waals surface area contributed by atoms with Gasteiger partial charge in [-0.3, -0.25) is 0 Å². The minimum Gasteiger partial charge on any atom is -0.418 e. The molecule has 1 unspecified atom stereocenters. The van der Waals surface area contributed by atoms with Crippen LogP contribution in [0.2, 0.25) is 10.0 Å². The van der Waals surface area contributed by atoms with Crippen molar-refractivity contribution in [1.29, 1.82) is 0 Å². The largest absolute Gasteiger partial charge is 0.418 e. The van der Waals surface area contributed by atoms with Crippen molar-refractivity contribution in [3.63, 3.8) is 0 Å². The van der Waals surface area contributed by atoms with Crippen LogP contribution in [0.3, 0.4) is 0 Å². The van der Waals surface area contributed by atoms with E-state index in [1.807, 2.05) is 42.5 Å². The normalized spacial score (nSPS) is 12.0. The van der Waals surface area contributed by atoms with Crippen molar-refractivity contribution < 1.29 is 8.81 Å². The van der Waals surface area contributed by atoms with Crippen molar-refractivity contribution in [2.24, 2.45) is 0 Å². The average molecular weight is 414 g/mol. The Labute approximate surface area is 170 Å². The quantitative estimate of drug-likeness (QED) is 0.412. The van der Waals surface area contributed by atoms with Crippen molar-refractivity contribution >= 4 is 28.9 Å². The molecule has 28 heavy (non-hydrogen) atoms. The van der Waals surface area contributed by atoms with Crippen LogP contribution in [0.4, 0.5) is 10.1 Å². The molecular formula is C21H14Cl2FN3O. The van der Waals surface area contributed by atoms with Gasteiger partial charge in [0.05, 0.1) is 5.02 Å². The molecule has 7 heteroatoms. The maximum absolute atomic E-state index is 13.5. The third kappa shape index (κ3) is 4.01. The van der Waals surface area contributed by atoms with Gasteiger partial charge in [-0.1, -0.05) is 53.5 Å². The predicted octanol–water partition coefficient (Wildman–Crippen LogP) is 6.38. The minimum absolute atomic E-state index is 0.0235. The number of nitrogens with zero attached hydrogens (tertiary/aromatic N) is 2. The van der Waals surface area contributed by atoms with E-state index in [9.17, 15) is 4.39 Å². The van der Waals surface area contributed by atoms with E-state index in [1.54, 1.807) is 18.2 Å². The minimum atomic E-state index is -0.487. The lowest BCUT2D eigenvalue weighted by Crippen LogP contribution is -2.13. The van der Waals surface area contributed by atoms with E-state index in [-0.39, 0.29) is 5.02 Å². The topological polar surface area (TPSA) is 51.0 Å². The van der Waals surface area contributed by atoms with E-state index >= 15 is 0 Å². The summed E-state index contributed by atoms with van der Waals surface area (Å²) >= 11 is 11.9. The maximum Gasteiger partial charge on any atom is 0.247 e. The van der Waals surface area contributed by atoms with Crippen LogP contribution in [0.1, 0.15) is 17.5 Å². The van der Waals surface area contributed by atoms with Crippen molar-refractivity contribution in [3.8, 4) is 11.5 Å². The van der Waals surface area contributed by atoms with Crippen molar-refractivity contribution in [2.45, 2.75) is 6.04 Å². The van der Waals surface area contributed by atoms with Crippen molar-refractivity contribution in [1.82, 2.24) is 10.2 Å². The number of halogens is 3. The molecule has 140 valence electrons. The van der Waals surface area contributed by atoms with Crippen molar-refractivity contribution in [2.75, 3.05) is 5.32 Å². The van der Waals surface area contributed by atoms with Crippen molar-refractivity contribution in [3.05, 3.63) is 100 Å². The average Bonchev–Trinajstić information content (AvgIpc) is 3.20. The molecule has 0 saturated carbocycles. The summed E-state index contributed by atoms with van der Waals surface area (Å²) in [5.74, 6) is 0.287. The van der Waals surface area contributed by atoms with Gasteiger partial charge in [-0.05, 0) is 48.0 Å². The standard InChI is InChI=1S/C21H14Cl2FN3O/c22-15-8-6-13(7-9-15)19(25-16-10-11-18(24)17(23)12-16)21-27-26-20(28-21)14-4-2-1-3-5-14/h1-12,19,25H. The molecule has 1 atom stereocenters. The molecule has 4 rings (SSSR count). The molecule has 0 saturated heterocycles. The number of rotatable bonds is 5. The number of benzene rings is 3. The molecule has 1 aromatic heterocycles. The summed E-state index contributed by atoms with van der Waals surface area (Å²) in [7, 11) is 0. The number of hydrogen-bond acceptors (Lipinski definition) is 4. The smallest absolute Gasteiger partial charge is 0.247 e. The van der Waals surface area contributed by atoms with Gasteiger partial charge in [-0.25, -0.2) is 4.39 Å². The van der Waals surface area contributed by atoms with Crippen LogP contribution >= 0.6 is 23.2 Å². The van der Waals surface area contributed by atoms with Gasteiger partial charge in [0.25, 0.3) is 0 Å². The monoisotopic (exact) mass is 413 g/mol. The summed E-state index contributed by atoms with van der Waals surface area (Å²) in [6, 6.07) is 20.7. The van der Waals surface area contributed by atoms with Crippen LogP contribution < -0.4 is 5.32 Å². The highest BCUT2D eigenvalue weighted by Crippen LogP contribution is 2.30. The molecule has 0 spiro atoms. The Balaban J connectivity index is 1.71. The zero-order valence-electron chi connectivity index (χ0n) is 14.4. The first kappa shape index (κ1) is 18.5. The second-order valence-electron chi connectivity index (χ2n) is 6.07. The first-order valence-electron chi connectivity index (χ1n) is 8.46. The first-order valence-corrected chi connectivity index (χ1v) is 9.21. The van der Waals surface area contributed by atoms with Gasteiger partial charge >= 0.3 is 0 Å². The molecule has 1 N–H and O–H groups in total. The van der Waals surface area contributed by atoms with E-state index in [0.29, 0.717) is 22.5 Å². The molecule has 0 radical (unpaired) electrons. The van der Waals surface area contributed by atoms with Crippen LogP contribution in [-0.4, -0.2) is 10.2 Å². The Morgan fingerprint density at radius 2 is 1.64 bits per heavy atom. The van der Waals surface area contributed by atoms with Crippen LogP contribution in [0.15, 0.2) is 77.2 Å². The van der Waals surface area contributed by atoms with Gasteiger partial charge < -0.3 is 9.73 Å². The van der Waals surface area contributed by atoms with Gasteiger partial charge in [0.1, 0.15) is 11.9 Å². The zero-order valence-corrected chi connectivity index (χ0v) is 16.0. The molecule has 0 aliphatic rings. The fraction of sp³-hybridized carbons (Fsp3) is 0.0476. The maximum atomic E-state index is 13.5. The summed E-state index contributed by atoms with van der Waals surface area (Å²) in [4.78, 5) is 0. The zero-order chi connectivity index (χ0) is 19.5. The Kier molecular flexibility index (Phi) is 5.28. The molecule has 0 bridgehead atoms. The Hall–Kier alpha value is -2.89. The van der Waals surface area contributed by atoms with E-state index in [2.05, 4.69) is 15.5 Å². The SMILES string of the molecule is Fc1ccc(NC(c2ccc(Cl)cc2)c2nnc(-c3ccccc3)o2)cc1Cl. The third-order valence-electron chi connectivity index (χ3n) is 4.14. The second-order valence-corrected chi connectivity index (χ2v) is 6.91. The van der Waals surface area contributed by atoms with Gasteiger partial charge in [-0.15, -0.1) is 10.2 Å². The molecule has 0 aliphatic carbocycles. The van der Waals surface area contributed by atoms with Gasteiger partial charge in [0.15, 0.2) is 0 Å². The number of anilines is 1. The number of hydrogen-bond donors (Lipinski definition) is 1.